The van der Waals surface area contributed by atoms with Gasteiger partial charge in [-0.05, 0) is 53.4 Å². The minimum atomic E-state index is -0.971. The molecule has 6 rings (SSSR count). The first kappa shape index (κ1) is 22.4. The van der Waals surface area contributed by atoms with Gasteiger partial charge >= 0.3 is 12.1 Å². The van der Waals surface area contributed by atoms with Crippen molar-refractivity contribution in [1.29, 1.82) is 0 Å². The minimum absolute atomic E-state index is 0.0166. The molecule has 7 nitrogen and oxygen atoms in total. The molecule has 1 unspecified atom stereocenters. The van der Waals surface area contributed by atoms with Crippen LogP contribution >= 0.6 is 0 Å². The maximum atomic E-state index is 12.7. The van der Waals surface area contributed by atoms with E-state index in [9.17, 15) is 19.5 Å². The highest BCUT2D eigenvalue weighted by Crippen LogP contribution is 2.51. The van der Waals surface area contributed by atoms with E-state index in [1.807, 2.05) is 31.2 Å². The summed E-state index contributed by atoms with van der Waals surface area (Å²) in [5.41, 5.74) is 3.74. The van der Waals surface area contributed by atoms with E-state index in [0.717, 1.165) is 0 Å². The van der Waals surface area contributed by atoms with Gasteiger partial charge < -0.3 is 20.1 Å². The second kappa shape index (κ2) is 8.78. The van der Waals surface area contributed by atoms with Gasteiger partial charge in [0.2, 0.25) is 5.91 Å². The Balaban J connectivity index is 1.08. The fourth-order valence-electron chi connectivity index (χ4n) is 5.89. The van der Waals surface area contributed by atoms with Gasteiger partial charge in [-0.3, -0.25) is 4.79 Å². The van der Waals surface area contributed by atoms with Gasteiger partial charge in [0.05, 0.1) is 0 Å². The first-order valence-corrected chi connectivity index (χ1v) is 12.0. The number of carboxylic acids is 1. The summed E-state index contributed by atoms with van der Waals surface area (Å²) in [7, 11) is 0. The Bertz CT molecular complexity index is 1080. The van der Waals surface area contributed by atoms with Crippen LogP contribution in [-0.4, -0.2) is 53.2 Å². The highest BCUT2D eigenvalue weighted by atomic mass is 16.5. The van der Waals surface area contributed by atoms with Crippen LogP contribution in [0.1, 0.15) is 49.7 Å². The number of fused-ring (bicyclic) bond motifs is 4. The van der Waals surface area contributed by atoms with Gasteiger partial charge in [0.1, 0.15) is 12.1 Å². The number of amides is 2. The molecular formula is C27H30N2O5. The van der Waals surface area contributed by atoms with Gasteiger partial charge in [-0.1, -0.05) is 55.5 Å². The van der Waals surface area contributed by atoms with E-state index in [-0.39, 0.29) is 30.8 Å². The molecule has 0 radical (unpaired) electrons. The van der Waals surface area contributed by atoms with Crippen molar-refractivity contribution in [2.45, 2.75) is 44.1 Å². The molecule has 1 atom stereocenters. The van der Waals surface area contributed by atoms with Crippen LogP contribution in [0.4, 0.5) is 4.79 Å². The molecule has 3 fully saturated rings. The van der Waals surface area contributed by atoms with Crippen LogP contribution in [0.15, 0.2) is 48.5 Å². The predicted molar refractivity (Wildman–Crippen MR) is 126 cm³/mol. The van der Waals surface area contributed by atoms with E-state index in [2.05, 4.69) is 29.6 Å². The Morgan fingerprint density at radius 1 is 1.09 bits per heavy atom. The van der Waals surface area contributed by atoms with Crippen LogP contribution in [0.3, 0.4) is 0 Å². The molecular weight excluding hydrogens is 432 g/mol. The number of carbonyl (C=O) groups is 3. The molecule has 1 saturated carbocycles. The van der Waals surface area contributed by atoms with E-state index >= 15 is 0 Å². The Morgan fingerprint density at radius 2 is 1.71 bits per heavy atom. The lowest BCUT2D eigenvalue weighted by molar-refractivity contribution is -0.158. The Hall–Kier alpha value is -3.35. The Labute approximate surface area is 199 Å². The Morgan fingerprint density at radius 3 is 2.32 bits per heavy atom. The summed E-state index contributed by atoms with van der Waals surface area (Å²) in [6.07, 6.45) is 1.59. The molecule has 2 aliphatic carbocycles. The van der Waals surface area contributed by atoms with Gasteiger partial charge in [0, 0.05) is 25.4 Å². The molecule has 178 valence electrons. The number of nitrogens with zero attached hydrogens (tertiary/aromatic N) is 1. The number of carboxylic acid groups (broad SMARTS) is 1. The molecule has 34 heavy (non-hydrogen) atoms. The maximum absolute atomic E-state index is 12.7. The molecule has 2 N–H and O–H groups in total. The van der Waals surface area contributed by atoms with Crippen LogP contribution in [0.25, 0.3) is 11.1 Å². The largest absolute Gasteiger partial charge is 0.479 e. The highest BCUT2D eigenvalue weighted by Gasteiger charge is 2.62. The lowest BCUT2D eigenvalue weighted by Gasteiger charge is -2.38. The maximum Gasteiger partial charge on any atom is 0.407 e. The van der Waals surface area contributed by atoms with Crippen LogP contribution < -0.4 is 5.32 Å². The molecule has 2 bridgehead atoms. The average molecular weight is 463 g/mol. The Kier molecular flexibility index (Phi) is 5.80. The van der Waals surface area contributed by atoms with Crippen molar-refractivity contribution in [3.05, 3.63) is 59.7 Å². The fourth-order valence-corrected chi connectivity index (χ4v) is 5.89. The van der Waals surface area contributed by atoms with Crippen molar-refractivity contribution in [3.63, 3.8) is 0 Å². The number of hydrogen-bond donors (Lipinski definition) is 2. The number of aliphatic carboxylic acids is 1. The summed E-state index contributed by atoms with van der Waals surface area (Å²) in [6, 6.07) is 16.4. The third-order valence-electron chi connectivity index (χ3n) is 7.68. The molecule has 2 saturated heterocycles. The van der Waals surface area contributed by atoms with Crippen molar-refractivity contribution in [2.24, 2.45) is 11.8 Å². The van der Waals surface area contributed by atoms with E-state index in [1.165, 1.54) is 22.3 Å². The summed E-state index contributed by atoms with van der Waals surface area (Å²) < 4.78 is 5.55. The second-order valence-corrected chi connectivity index (χ2v) is 9.97. The summed E-state index contributed by atoms with van der Waals surface area (Å²) in [5.74, 6) is -0.617. The van der Waals surface area contributed by atoms with Crippen LogP contribution in [0.2, 0.25) is 0 Å². The van der Waals surface area contributed by atoms with E-state index < -0.39 is 17.6 Å². The van der Waals surface area contributed by atoms with Crippen molar-refractivity contribution < 1.29 is 24.2 Å². The number of hydrogen-bond acceptors (Lipinski definition) is 4. The third-order valence-corrected chi connectivity index (χ3v) is 7.68. The van der Waals surface area contributed by atoms with Gasteiger partial charge in [-0.25, -0.2) is 9.59 Å². The van der Waals surface area contributed by atoms with Gasteiger partial charge in [-0.2, -0.15) is 0 Å². The quantitative estimate of drug-likeness (QED) is 0.618. The first-order chi connectivity index (χ1) is 16.4. The zero-order valence-corrected chi connectivity index (χ0v) is 19.3. The molecule has 4 aliphatic rings. The van der Waals surface area contributed by atoms with Gasteiger partial charge in [-0.15, -0.1) is 0 Å². The molecule has 2 aromatic rings. The molecule has 7 heteroatoms. The third kappa shape index (κ3) is 3.83. The highest BCUT2D eigenvalue weighted by molar-refractivity contribution is 5.89. The topological polar surface area (TPSA) is 95.9 Å². The average Bonchev–Trinajstić information content (AvgIpc) is 3.46. The number of carbonyl (C=O) groups excluding carboxylic acids is 2. The lowest BCUT2D eigenvalue weighted by atomic mass is 9.73. The number of ether oxygens (including phenoxy) is 1. The predicted octanol–water partition coefficient (Wildman–Crippen LogP) is 4.02. The molecule has 2 aromatic carbocycles. The molecule has 2 amide bonds. The zero-order chi connectivity index (χ0) is 23.9. The van der Waals surface area contributed by atoms with Crippen LogP contribution in [0.5, 0.6) is 0 Å². The SMILES string of the molecule is CC(CCNC(=O)OCC1c2ccccc2-c2ccccc21)CC(=O)N1CC2CC1(C(=O)O)C2. The summed E-state index contributed by atoms with van der Waals surface area (Å²) in [6.45, 7) is 3.17. The van der Waals surface area contributed by atoms with Gasteiger partial charge in [0.15, 0.2) is 0 Å². The van der Waals surface area contributed by atoms with E-state index in [0.29, 0.717) is 38.3 Å². The second-order valence-electron chi connectivity index (χ2n) is 9.97. The number of alkyl carbamates (subject to hydrolysis) is 1. The standard InChI is InChI=1S/C27H30N2O5/c1-17(12-24(30)29-15-18-13-27(29,14-18)25(31)32)10-11-28-26(33)34-16-23-21-8-4-2-6-19(21)20-7-3-5-9-22(20)23/h2-9,17-18,23H,10-16H2,1H3,(H,28,33)(H,31,32). The number of rotatable bonds is 8. The lowest BCUT2D eigenvalue weighted by Crippen LogP contribution is -2.54. The normalized spacial score (nSPS) is 23.0. The van der Waals surface area contributed by atoms with E-state index in [1.54, 1.807) is 4.90 Å². The van der Waals surface area contributed by atoms with Crippen molar-refractivity contribution in [3.8, 4) is 11.1 Å². The number of benzene rings is 2. The van der Waals surface area contributed by atoms with E-state index in [4.69, 9.17) is 4.74 Å². The van der Waals surface area contributed by atoms with Gasteiger partial charge in [0.25, 0.3) is 0 Å². The zero-order valence-electron chi connectivity index (χ0n) is 19.3. The van der Waals surface area contributed by atoms with Crippen molar-refractivity contribution in [1.82, 2.24) is 10.2 Å². The van der Waals surface area contributed by atoms with Crippen LogP contribution in [0, 0.1) is 11.8 Å². The summed E-state index contributed by atoms with van der Waals surface area (Å²) in [5, 5.41) is 12.3. The summed E-state index contributed by atoms with van der Waals surface area (Å²) in [4.78, 5) is 38.2. The monoisotopic (exact) mass is 462 g/mol. The molecule has 2 aliphatic heterocycles. The number of nitrogens with one attached hydrogen (secondary N) is 1. The van der Waals surface area contributed by atoms with Crippen LogP contribution in [-0.2, 0) is 14.3 Å². The van der Waals surface area contributed by atoms with Crippen molar-refractivity contribution >= 4 is 18.0 Å². The van der Waals surface area contributed by atoms with Crippen molar-refractivity contribution in [2.75, 3.05) is 19.7 Å². The first-order valence-electron chi connectivity index (χ1n) is 12.0. The fraction of sp³-hybridized carbons (Fsp3) is 0.444. The molecule has 2 heterocycles. The molecule has 0 spiro atoms. The minimum Gasteiger partial charge on any atom is -0.479 e. The molecule has 0 aromatic heterocycles. The smallest absolute Gasteiger partial charge is 0.407 e. The summed E-state index contributed by atoms with van der Waals surface area (Å²) >= 11 is 0.